The van der Waals surface area contributed by atoms with Gasteiger partial charge in [-0.25, -0.2) is 9.97 Å². The van der Waals surface area contributed by atoms with Crippen molar-refractivity contribution in [2.24, 2.45) is 5.92 Å². The third-order valence-electron chi connectivity index (χ3n) is 5.28. The lowest BCUT2D eigenvalue weighted by Crippen LogP contribution is -2.43. The van der Waals surface area contributed by atoms with E-state index in [2.05, 4.69) is 21.3 Å². The quantitative estimate of drug-likeness (QED) is 0.795. The number of H-pyrrole nitrogens is 1. The van der Waals surface area contributed by atoms with Gasteiger partial charge in [0.05, 0.1) is 29.5 Å². The molecule has 128 valence electrons. The molecule has 3 aromatic rings. The van der Waals surface area contributed by atoms with E-state index in [0.717, 1.165) is 41.9 Å². The number of aromatic nitrogens is 4. The fourth-order valence-electron chi connectivity index (χ4n) is 3.95. The van der Waals surface area contributed by atoms with Crippen LogP contribution in [0.5, 0.6) is 0 Å². The minimum absolute atomic E-state index is 0.0577. The zero-order valence-corrected chi connectivity index (χ0v) is 14.1. The fraction of sp³-hybridized carbons (Fsp3) is 0.444. The molecule has 4 rings (SSSR count). The van der Waals surface area contributed by atoms with E-state index in [4.69, 9.17) is 10.2 Å². The van der Waals surface area contributed by atoms with Crippen LogP contribution in [0.2, 0.25) is 0 Å². The van der Waals surface area contributed by atoms with E-state index >= 15 is 0 Å². The number of carbonyl (C=O) groups excluding carboxylic acids is 1. The molecule has 0 aliphatic carbocycles. The number of rotatable bonds is 3. The van der Waals surface area contributed by atoms with Crippen LogP contribution in [0.1, 0.15) is 37.9 Å². The third-order valence-corrected chi connectivity index (χ3v) is 5.28. The van der Waals surface area contributed by atoms with Crippen LogP contribution >= 0.6 is 0 Å². The van der Waals surface area contributed by atoms with Crippen LogP contribution in [0.15, 0.2) is 24.7 Å². The molecule has 1 saturated heterocycles. The summed E-state index contributed by atoms with van der Waals surface area (Å²) in [7, 11) is 0. The lowest BCUT2D eigenvalue weighted by molar-refractivity contribution is -0.132. The van der Waals surface area contributed by atoms with Gasteiger partial charge in [-0.05, 0) is 18.4 Å². The van der Waals surface area contributed by atoms with Crippen molar-refractivity contribution in [1.29, 1.82) is 5.26 Å². The number of nitriles is 1. The maximum Gasteiger partial charge on any atom is 0.236 e. The Morgan fingerprint density at radius 2 is 2.28 bits per heavy atom. The van der Waals surface area contributed by atoms with Crippen LogP contribution in [0.4, 0.5) is 0 Å². The fourth-order valence-corrected chi connectivity index (χ4v) is 3.95. The van der Waals surface area contributed by atoms with E-state index in [1.165, 1.54) is 0 Å². The van der Waals surface area contributed by atoms with Crippen LogP contribution in [0.25, 0.3) is 16.7 Å². The number of piperidine rings is 1. The minimum atomic E-state index is -0.0867. The van der Waals surface area contributed by atoms with Gasteiger partial charge in [0.2, 0.25) is 5.91 Å². The first kappa shape index (κ1) is 15.6. The number of likely N-dealkylation sites (tertiary alicyclic amines) is 1. The largest absolute Gasteiger partial charge is 0.345 e. The average Bonchev–Trinajstić information content (AvgIpc) is 3.27. The number of hydrogen-bond acceptors (Lipinski definition) is 4. The van der Waals surface area contributed by atoms with Crippen LogP contribution in [-0.2, 0) is 4.79 Å². The summed E-state index contributed by atoms with van der Waals surface area (Å²) in [5, 5.41) is 8.83. The van der Waals surface area contributed by atoms with Gasteiger partial charge in [0, 0.05) is 25.2 Å². The number of nitrogens with zero attached hydrogens (tertiary/aromatic N) is 5. The first-order chi connectivity index (χ1) is 12.2. The maximum absolute atomic E-state index is 12.2. The van der Waals surface area contributed by atoms with Crippen molar-refractivity contribution in [1.82, 2.24) is 24.3 Å². The zero-order chi connectivity index (χ0) is 17.4. The molecular formula is C18H20N6O. The Bertz CT molecular complexity index is 965. The SMILES string of the molecule is CCC1CCN(C(=O)CC#N)CC1c1ncc2cnc3[nH]ccc3n12. The van der Waals surface area contributed by atoms with Crippen molar-refractivity contribution in [2.75, 3.05) is 13.1 Å². The summed E-state index contributed by atoms with van der Waals surface area (Å²) in [6.07, 6.45) is 7.46. The molecule has 25 heavy (non-hydrogen) atoms. The predicted octanol–water partition coefficient (Wildman–Crippen LogP) is 2.47. The number of aromatic amines is 1. The maximum atomic E-state index is 12.2. The van der Waals surface area contributed by atoms with E-state index < -0.39 is 0 Å². The molecule has 1 fully saturated rings. The van der Waals surface area contributed by atoms with E-state index in [-0.39, 0.29) is 18.2 Å². The second kappa shape index (κ2) is 6.20. The van der Waals surface area contributed by atoms with Crippen LogP contribution in [0.3, 0.4) is 0 Å². The van der Waals surface area contributed by atoms with E-state index in [0.29, 0.717) is 12.5 Å². The molecular weight excluding hydrogens is 316 g/mol. The number of carbonyl (C=O) groups is 1. The predicted molar refractivity (Wildman–Crippen MR) is 92.8 cm³/mol. The highest BCUT2D eigenvalue weighted by Crippen LogP contribution is 2.35. The number of imidazole rings is 1. The summed E-state index contributed by atoms with van der Waals surface area (Å²) in [5.74, 6) is 1.52. The molecule has 0 saturated carbocycles. The van der Waals surface area contributed by atoms with Gasteiger partial charge in [0.1, 0.15) is 12.2 Å². The molecule has 1 amide bonds. The first-order valence-electron chi connectivity index (χ1n) is 8.67. The molecule has 0 radical (unpaired) electrons. The van der Waals surface area contributed by atoms with Crippen molar-refractivity contribution in [2.45, 2.75) is 32.1 Å². The molecule has 0 bridgehead atoms. The van der Waals surface area contributed by atoms with Gasteiger partial charge in [-0.15, -0.1) is 0 Å². The Morgan fingerprint density at radius 1 is 1.44 bits per heavy atom. The number of hydrogen-bond donors (Lipinski definition) is 1. The number of fused-ring (bicyclic) bond motifs is 3. The molecule has 1 aliphatic heterocycles. The summed E-state index contributed by atoms with van der Waals surface area (Å²) >= 11 is 0. The van der Waals surface area contributed by atoms with Gasteiger partial charge < -0.3 is 9.88 Å². The van der Waals surface area contributed by atoms with Crippen LogP contribution < -0.4 is 0 Å². The second-order valence-electron chi connectivity index (χ2n) is 6.58. The van der Waals surface area contributed by atoms with Crippen molar-refractivity contribution in [3.8, 4) is 6.07 Å². The summed E-state index contributed by atoms with van der Waals surface area (Å²) in [6, 6.07) is 3.97. The van der Waals surface area contributed by atoms with Crippen LogP contribution in [0, 0.1) is 17.2 Å². The summed E-state index contributed by atoms with van der Waals surface area (Å²) < 4.78 is 2.14. The first-order valence-corrected chi connectivity index (χ1v) is 8.67. The molecule has 4 heterocycles. The Morgan fingerprint density at radius 3 is 3.08 bits per heavy atom. The van der Waals surface area contributed by atoms with Crippen molar-refractivity contribution in [3.05, 3.63) is 30.5 Å². The normalized spacial score (nSPS) is 20.9. The Labute approximate surface area is 145 Å². The standard InChI is InChI=1S/C18H20N6O/c1-2-12-5-8-23(16(25)3-6-19)11-14(12)18-22-10-13-9-21-17-15(24(13)18)4-7-20-17/h4,7,9-10,12,14,20H,2-3,5,8,11H2,1H3. The molecule has 2 unspecified atom stereocenters. The van der Waals surface area contributed by atoms with Crippen molar-refractivity contribution in [3.63, 3.8) is 0 Å². The molecule has 0 spiro atoms. The molecule has 7 nitrogen and oxygen atoms in total. The molecule has 0 aromatic carbocycles. The van der Waals surface area contributed by atoms with Gasteiger partial charge in [-0.1, -0.05) is 13.3 Å². The Balaban J connectivity index is 1.78. The van der Waals surface area contributed by atoms with Gasteiger partial charge in [-0.3, -0.25) is 9.20 Å². The lowest BCUT2D eigenvalue weighted by atomic mass is 9.83. The number of amides is 1. The van der Waals surface area contributed by atoms with Gasteiger partial charge in [0.25, 0.3) is 0 Å². The zero-order valence-electron chi connectivity index (χ0n) is 14.1. The minimum Gasteiger partial charge on any atom is -0.345 e. The lowest BCUT2D eigenvalue weighted by Gasteiger charge is -2.37. The summed E-state index contributed by atoms with van der Waals surface area (Å²) in [5.41, 5.74) is 2.78. The van der Waals surface area contributed by atoms with E-state index in [9.17, 15) is 4.79 Å². The van der Waals surface area contributed by atoms with Crippen LogP contribution in [-0.4, -0.2) is 43.2 Å². The molecule has 2 atom stereocenters. The highest BCUT2D eigenvalue weighted by molar-refractivity contribution is 5.78. The van der Waals surface area contributed by atoms with Crippen molar-refractivity contribution < 1.29 is 4.79 Å². The van der Waals surface area contributed by atoms with Gasteiger partial charge in [0.15, 0.2) is 5.65 Å². The molecule has 3 aromatic heterocycles. The summed E-state index contributed by atoms with van der Waals surface area (Å²) in [4.78, 5) is 26.3. The highest BCUT2D eigenvalue weighted by atomic mass is 16.2. The Kier molecular flexibility index (Phi) is 3.88. The molecule has 7 heteroatoms. The van der Waals surface area contributed by atoms with E-state index in [1.807, 2.05) is 35.6 Å². The third kappa shape index (κ3) is 2.54. The van der Waals surface area contributed by atoms with Gasteiger partial charge in [-0.2, -0.15) is 5.26 Å². The number of nitrogens with one attached hydrogen (secondary N) is 1. The molecule has 1 aliphatic rings. The average molecular weight is 336 g/mol. The monoisotopic (exact) mass is 336 g/mol. The van der Waals surface area contributed by atoms with Gasteiger partial charge >= 0.3 is 0 Å². The highest BCUT2D eigenvalue weighted by Gasteiger charge is 2.34. The van der Waals surface area contributed by atoms with Crippen molar-refractivity contribution >= 4 is 22.6 Å². The smallest absolute Gasteiger partial charge is 0.236 e. The Hall–Kier alpha value is -2.88. The topological polar surface area (TPSA) is 90.1 Å². The second-order valence-corrected chi connectivity index (χ2v) is 6.58. The van der Waals surface area contributed by atoms with E-state index in [1.54, 1.807) is 0 Å². The molecule has 1 N–H and O–H groups in total. The summed E-state index contributed by atoms with van der Waals surface area (Å²) in [6.45, 7) is 3.53.